The Kier molecular flexibility index (Phi) is 5.84. The van der Waals surface area contributed by atoms with Crippen LogP contribution in [0.15, 0.2) is 48.9 Å². The number of halogens is 1. The van der Waals surface area contributed by atoms with Crippen molar-refractivity contribution in [2.24, 2.45) is 0 Å². The lowest BCUT2D eigenvalue weighted by Gasteiger charge is -2.21. The van der Waals surface area contributed by atoms with Gasteiger partial charge in [0.15, 0.2) is 5.15 Å². The van der Waals surface area contributed by atoms with Gasteiger partial charge in [-0.05, 0) is 24.3 Å². The molecule has 1 aromatic carbocycles. The second-order valence-electron chi connectivity index (χ2n) is 5.69. The van der Waals surface area contributed by atoms with Crippen molar-refractivity contribution in [3.63, 3.8) is 0 Å². The molecule has 0 amide bonds. The van der Waals surface area contributed by atoms with Crippen LogP contribution < -0.4 is 10.2 Å². The molecule has 148 valence electrons. The van der Waals surface area contributed by atoms with Crippen LogP contribution in [0.1, 0.15) is 10.4 Å². The number of pyridine rings is 1. The summed E-state index contributed by atoms with van der Waals surface area (Å²) in [6, 6.07) is 9.77. The molecule has 11 heteroatoms. The number of hydrogen-bond acceptors (Lipinski definition) is 9. The molecule has 3 rings (SSSR count). The largest absolute Gasteiger partial charge is 0.465 e. The molecule has 0 aliphatic carbocycles. The van der Waals surface area contributed by atoms with E-state index in [1.54, 1.807) is 43.4 Å². The second kappa shape index (κ2) is 8.48. The summed E-state index contributed by atoms with van der Waals surface area (Å²) >= 11 is 6.03. The number of para-hydroxylation sites is 1. The van der Waals surface area contributed by atoms with Crippen LogP contribution in [0.4, 0.5) is 28.7 Å². The SMILES string of the molecule is COC(=O)c1ccccc1N(C)c1ncnc(Nc2cccnc2Cl)c1[N+](=O)[O-]. The summed E-state index contributed by atoms with van der Waals surface area (Å²) in [5.41, 5.74) is 0.566. The number of ether oxygens (including phenoxy) is 1. The van der Waals surface area contributed by atoms with Crippen molar-refractivity contribution in [1.29, 1.82) is 0 Å². The molecule has 3 aromatic rings. The van der Waals surface area contributed by atoms with Gasteiger partial charge in [-0.15, -0.1) is 0 Å². The number of anilines is 4. The monoisotopic (exact) mass is 414 g/mol. The normalized spacial score (nSPS) is 10.3. The molecule has 0 unspecified atom stereocenters. The minimum Gasteiger partial charge on any atom is -0.465 e. The van der Waals surface area contributed by atoms with Gasteiger partial charge in [-0.2, -0.15) is 0 Å². The lowest BCUT2D eigenvalue weighted by molar-refractivity contribution is -0.383. The highest BCUT2D eigenvalue weighted by Crippen LogP contribution is 2.37. The summed E-state index contributed by atoms with van der Waals surface area (Å²) in [7, 11) is 2.81. The van der Waals surface area contributed by atoms with E-state index in [-0.39, 0.29) is 22.4 Å². The Labute approximate surface area is 170 Å². The van der Waals surface area contributed by atoms with Crippen LogP contribution in [-0.4, -0.2) is 40.0 Å². The van der Waals surface area contributed by atoms with E-state index < -0.39 is 16.6 Å². The Morgan fingerprint density at radius 1 is 1.21 bits per heavy atom. The summed E-state index contributed by atoms with van der Waals surface area (Å²) in [6.45, 7) is 0. The maximum Gasteiger partial charge on any atom is 0.354 e. The molecule has 0 spiro atoms. The average Bonchev–Trinajstić information content (AvgIpc) is 2.74. The molecule has 2 aromatic heterocycles. The summed E-state index contributed by atoms with van der Waals surface area (Å²) in [5, 5.41) is 14.8. The fourth-order valence-electron chi connectivity index (χ4n) is 2.64. The molecular formula is C18H15ClN6O4. The van der Waals surface area contributed by atoms with E-state index in [1.165, 1.54) is 24.5 Å². The Hall–Kier alpha value is -3.79. The third kappa shape index (κ3) is 4.06. The molecule has 0 bridgehead atoms. The molecule has 29 heavy (non-hydrogen) atoms. The quantitative estimate of drug-likeness (QED) is 0.278. The van der Waals surface area contributed by atoms with Gasteiger partial charge in [0.05, 0.1) is 29.0 Å². The van der Waals surface area contributed by atoms with Gasteiger partial charge >= 0.3 is 11.7 Å². The number of hydrogen-bond donors (Lipinski definition) is 1. The molecule has 0 saturated carbocycles. The second-order valence-corrected chi connectivity index (χ2v) is 6.04. The van der Waals surface area contributed by atoms with Crippen molar-refractivity contribution in [1.82, 2.24) is 15.0 Å². The van der Waals surface area contributed by atoms with Crippen molar-refractivity contribution < 1.29 is 14.5 Å². The van der Waals surface area contributed by atoms with Crippen LogP contribution in [0.25, 0.3) is 0 Å². The van der Waals surface area contributed by atoms with Crippen LogP contribution in [0.3, 0.4) is 0 Å². The number of carbonyl (C=O) groups is 1. The first-order valence-corrected chi connectivity index (χ1v) is 8.59. The lowest BCUT2D eigenvalue weighted by Crippen LogP contribution is -2.18. The van der Waals surface area contributed by atoms with Crippen molar-refractivity contribution in [3.05, 3.63) is 69.8 Å². The molecule has 0 fully saturated rings. The van der Waals surface area contributed by atoms with Gasteiger partial charge in [0.25, 0.3) is 0 Å². The van der Waals surface area contributed by atoms with E-state index in [0.29, 0.717) is 11.4 Å². The van der Waals surface area contributed by atoms with E-state index >= 15 is 0 Å². The number of methoxy groups -OCH3 is 1. The van der Waals surface area contributed by atoms with Gasteiger partial charge in [-0.3, -0.25) is 10.1 Å². The minimum atomic E-state index is -0.612. The smallest absolute Gasteiger partial charge is 0.354 e. The van der Waals surface area contributed by atoms with Crippen molar-refractivity contribution in [2.75, 3.05) is 24.4 Å². The standard InChI is InChI=1S/C18H15ClN6O4/c1-24(13-8-4-3-6-11(13)18(26)29-2)17-14(25(27)28)16(21-10-22-17)23-12-7-5-9-20-15(12)19/h3-10H,1-2H3,(H,21,22,23). The van der Waals surface area contributed by atoms with E-state index in [0.717, 1.165) is 0 Å². The van der Waals surface area contributed by atoms with Crippen molar-refractivity contribution >= 4 is 46.3 Å². The third-order valence-electron chi connectivity index (χ3n) is 3.99. The van der Waals surface area contributed by atoms with Gasteiger partial charge in [-0.1, -0.05) is 23.7 Å². The predicted molar refractivity (Wildman–Crippen MR) is 107 cm³/mol. The molecule has 0 atom stereocenters. The maximum atomic E-state index is 12.1. The molecule has 2 heterocycles. The number of aromatic nitrogens is 3. The van der Waals surface area contributed by atoms with Gasteiger partial charge in [-0.25, -0.2) is 19.7 Å². The van der Waals surface area contributed by atoms with E-state index in [1.807, 2.05) is 0 Å². The number of carbonyl (C=O) groups excluding carboxylic acids is 1. The molecule has 1 N–H and O–H groups in total. The van der Waals surface area contributed by atoms with Gasteiger partial charge in [0.2, 0.25) is 11.6 Å². The van der Waals surface area contributed by atoms with Gasteiger partial charge < -0.3 is 15.0 Å². The van der Waals surface area contributed by atoms with Crippen molar-refractivity contribution in [2.45, 2.75) is 0 Å². The molecule has 0 aliphatic heterocycles. The average molecular weight is 415 g/mol. The van der Waals surface area contributed by atoms with E-state index in [9.17, 15) is 14.9 Å². The first kappa shape index (κ1) is 20.0. The Bertz CT molecular complexity index is 1080. The van der Waals surface area contributed by atoms with Crippen LogP contribution in [-0.2, 0) is 4.74 Å². The number of benzene rings is 1. The maximum absolute atomic E-state index is 12.1. The topological polar surface area (TPSA) is 123 Å². The number of nitrogens with one attached hydrogen (secondary N) is 1. The van der Waals surface area contributed by atoms with Gasteiger partial charge in [0, 0.05) is 13.2 Å². The zero-order valence-electron chi connectivity index (χ0n) is 15.4. The Morgan fingerprint density at radius 2 is 1.97 bits per heavy atom. The van der Waals surface area contributed by atoms with Crippen LogP contribution in [0, 0.1) is 10.1 Å². The molecule has 0 saturated heterocycles. The first-order valence-electron chi connectivity index (χ1n) is 8.22. The Morgan fingerprint density at radius 3 is 2.66 bits per heavy atom. The first-order chi connectivity index (χ1) is 13.9. The van der Waals surface area contributed by atoms with Crippen LogP contribution >= 0.6 is 11.6 Å². The number of nitrogens with zero attached hydrogens (tertiary/aromatic N) is 5. The number of rotatable bonds is 6. The fourth-order valence-corrected chi connectivity index (χ4v) is 2.81. The zero-order chi connectivity index (χ0) is 21.0. The highest BCUT2D eigenvalue weighted by molar-refractivity contribution is 6.32. The molecule has 0 radical (unpaired) electrons. The lowest BCUT2D eigenvalue weighted by atomic mass is 10.1. The Balaban J connectivity index is 2.10. The summed E-state index contributed by atoms with van der Waals surface area (Å²) < 4.78 is 4.79. The molecule has 0 aliphatic rings. The summed E-state index contributed by atoms with van der Waals surface area (Å²) in [4.78, 5) is 36.7. The highest BCUT2D eigenvalue weighted by atomic mass is 35.5. The van der Waals surface area contributed by atoms with E-state index in [4.69, 9.17) is 16.3 Å². The van der Waals surface area contributed by atoms with Crippen LogP contribution in [0.5, 0.6) is 0 Å². The summed E-state index contributed by atoms with van der Waals surface area (Å²) in [5.74, 6) is -0.675. The fraction of sp³-hybridized carbons (Fsp3) is 0.111. The third-order valence-corrected chi connectivity index (χ3v) is 4.29. The summed E-state index contributed by atoms with van der Waals surface area (Å²) in [6.07, 6.45) is 2.66. The van der Waals surface area contributed by atoms with Gasteiger partial charge in [0.1, 0.15) is 6.33 Å². The number of esters is 1. The van der Waals surface area contributed by atoms with E-state index in [2.05, 4.69) is 20.3 Å². The minimum absolute atomic E-state index is 0.0242. The highest BCUT2D eigenvalue weighted by Gasteiger charge is 2.28. The molecule has 10 nitrogen and oxygen atoms in total. The predicted octanol–water partition coefficient (Wildman–Crippen LogP) is 3.73. The zero-order valence-corrected chi connectivity index (χ0v) is 16.1. The molecular weight excluding hydrogens is 400 g/mol. The van der Waals surface area contributed by atoms with Crippen molar-refractivity contribution in [3.8, 4) is 0 Å². The number of nitro groups is 1. The van der Waals surface area contributed by atoms with Crippen LogP contribution in [0.2, 0.25) is 5.15 Å².